The number of aromatic nitrogens is 4. The second-order valence-corrected chi connectivity index (χ2v) is 9.15. The van der Waals surface area contributed by atoms with Gasteiger partial charge in [0.15, 0.2) is 11.5 Å². The number of rotatable bonds is 4. The van der Waals surface area contributed by atoms with Crippen molar-refractivity contribution in [2.45, 2.75) is 46.1 Å². The van der Waals surface area contributed by atoms with Crippen LogP contribution in [0.4, 0.5) is 16.0 Å². The van der Waals surface area contributed by atoms with E-state index < -0.39 is 5.82 Å². The number of benzene rings is 1. The standard InChI is InChI=1S/C21H26ClFN6/c1-21(2,3)11-17-25-12-16-19(28-17)29(13-7-9-24-10-8-13)20(27-16)26-15-6-4-5-14(22)18(15)23/h4-6,12-13,24H,7-11H2,1-3H3,(H,26,27). The lowest BCUT2D eigenvalue weighted by molar-refractivity contribution is 0.375. The lowest BCUT2D eigenvalue weighted by atomic mass is 9.92. The minimum absolute atomic E-state index is 0.0757. The molecule has 0 amide bonds. The summed E-state index contributed by atoms with van der Waals surface area (Å²) in [6.07, 6.45) is 4.44. The quantitative estimate of drug-likeness (QED) is 0.634. The summed E-state index contributed by atoms with van der Waals surface area (Å²) < 4.78 is 16.6. The molecule has 0 saturated carbocycles. The zero-order valence-corrected chi connectivity index (χ0v) is 17.7. The van der Waals surface area contributed by atoms with Gasteiger partial charge in [0.05, 0.1) is 16.9 Å². The molecule has 2 aromatic heterocycles. The zero-order valence-electron chi connectivity index (χ0n) is 17.0. The van der Waals surface area contributed by atoms with Crippen LogP contribution in [0.25, 0.3) is 11.2 Å². The molecule has 0 radical (unpaired) electrons. The number of hydrogen-bond acceptors (Lipinski definition) is 5. The Kier molecular flexibility index (Phi) is 5.44. The Morgan fingerprint density at radius 1 is 1.24 bits per heavy atom. The van der Waals surface area contributed by atoms with E-state index in [1.807, 2.05) is 0 Å². The van der Waals surface area contributed by atoms with Crippen LogP contribution in [0.3, 0.4) is 0 Å². The maximum absolute atomic E-state index is 14.5. The van der Waals surface area contributed by atoms with Crippen molar-refractivity contribution in [3.05, 3.63) is 41.1 Å². The van der Waals surface area contributed by atoms with Gasteiger partial charge < -0.3 is 10.6 Å². The zero-order chi connectivity index (χ0) is 20.6. The van der Waals surface area contributed by atoms with Gasteiger partial charge in [-0.25, -0.2) is 19.3 Å². The molecule has 8 heteroatoms. The predicted molar refractivity (Wildman–Crippen MR) is 114 cm³/mol. The molecule has 29 heavy (non-hydrogen) atoms. The number of imidazole rings is 1. The average molecular weight is 417 g/mol. The van der Waals surface area contributed by atoms with E-state index in [1.165, 1.54) is 6.07 Å². The second-order valence-electron chi connectivity index (χ2n) is 8.75. The summed E-state index contributed by atoms with van der Waals surface area (Å²) in [5.41, 5.74) is 1.87. The third-order valence-electron chi connectivity index (χ3n) is 5.04. The maximum atomic E-state index is 14.5. The van der Waals surface area contributed by atoms with Crippen LogP contribution in [-0.4, -0.2) is 32.6 Å². The molecule has 1 aromatic carbocycles. The van der Waals surface area contributed by atoms with Crippen molar-refractivity contribution < 1.29 is 4.39 Å². The van der Waals surface area contributed by atoms with Crippen LogP contribution < -0.4 is 10.6 Å². The van der Waals surface area contributed by atoms with E-state index in [0.29, 0.717) is 17.2 Å². The van der Waals surface area contributed by atoms with E-state index in [-0.39, 0.29) is 16.5 Å². The van der Waals surface area contributed by atoms with Gasteiger partial charge in [-0.2, -0.15) is 0 Å². The van der Waals surface area contributed by atoms with Gasteiger partial charge >= 0.3 is 0 Å². The topological polar surface area (TPSA) is 67.7 Å². The number of hydrogen-bond donors (Lipinski definition) is 2. The van der Waals surface area contributed by atoms with Crippen molar-refractivity contribution in [1.82, 2.24) is 24.8 Å². The Morgan fingerprint density at radius 2 is 2.00 bits per heavy atom. The van der Waals surface area contributed by atoms with Crippen molar-refractivity contribution in [2.75, 3.05) is 18.4 Å². The number of anilines is 2. The van der Waals surface area contributed by atoms with Crippen LogP contribution in [0.5, 0.6) is 0 Å². The molecule has 1 aliphatic rings. The summed E-state index contributed by atoms with van der Waals surface area (Å²) in [5, 5.41) is 6.60. The van der Waals surface area contributed by atoms with Crippen LogP contribution >= 0.6 is 11.6 Å². The second kappa shape index (κ2) is 7.88. The molecule has 0 atom stereocenters. The highest BCUT2D eigenvalue weighted by Gasteiger charge is 2.24. The van der Waals surface area contributed by atoms with E-state index in [2.05, 4.69) is 45.9 Å². The molecular weight excluding hydrogens is 391 g/mol. The Bertz CT molecular complexity index is 1020. The average Bonchev–Trinajstić information content (AvgIpc) is 3.02. The number of fused-ring (bicyclic) bond motifs is 1. The molecule has 0 aliphatic carbocycles. The van der Waals surface area contributed by atoms with Gasteiger partial charge in [-0.15, -0.1) is 0 Å². The predicted octanol–water partition coefficient (Wildman–Crippen LogP) is 4.88. The molecule has 1 saturated heterocycles. The van der Waals surface area contributed by atoms with E-state index in [0.717, 1.165) is 43.8 Å². The number of nitrogens with one attached hydrogen (secondary N) is 2. The summed E-state index contributed by atoms with van der Waals surface area (Å²) in [6, 6.07) is 5.13. The number of halogens is 2. The summed E-state index contributed by atoms with van der Waals surface area (Å²) in [5.74, 6) is 0.869. The van der Waals surface area contributed by atoms with Gasteiger partial charge in [-0.1, -0.05) is 38.4 Å². The Morgan fingerprint density at radius 3 is 2.72 bits per heavy atom. The van der Waals surface area contributed by atoms with Crippen molar-refractivity contribution in [3.8, 4) is 0 Å². The molecule has 2 N–H and O–H groups in total. The molecule has 4 rings (SSSR count). The van der Waals surface area contributed by atoms with E-state index in [9.17, 15) is 4.39 Å². The van der Waals surface area contributed by atoms with Gasteiger partial charge in [0.1, 0.15) is 11.3 Å². The van der Waals surface area contributed by atoms with Crippen LogP contribution in [0, 0.1) is 11.2 Å². The minimum atomic E-state index is -0.488. The lowest BCUT2D eigenvalue weighted by Crippen LogP contribution is -2.30. The van der Waals surface area contributed by atoms with Crippen molar-refractivity contribution in [2.24, 2.45) is 5.41 Å². The molecule has 3 aromatic rings. The number of piperidine rings is 1. The first kappa shape index (κ1) is 20.0. The molecular formula is C21H26ClFN6. The number of nitrogens with zero attached hydrogens (tertiary/aromatic N) is 4. The summed E-state index contributed by atoms with van der Waals surface area (Å²) in [7, 11) is 0. The van der Waals surface area contributed by atoms with Crippen molar-refractivity contribution >= 4 is 34.4 Å². The Hall–Kier alpha value is -2.25. The summed E-state index contributed by atoms with van der Waals surface area (Å²) >= 11 is 5.96. The van der Waals surface area contributed by atoms with Gasteiger partial charge in [-0.05, 0) is 43.5 Å². The molecule has 1 aliphatic heterocycles. The molecule has 0 unspecified atom stereocenters. The van der Waals surface area contributed by atoms with Gasteiger partial charge in [-0.3, -0.25) is 4.57 Å². The first-order chi connectivity index (χ1) is 13.8. The third kappa shape index (κ3) is 4.36. The highest BCUT2D eigenvalue weighted by molar-refractivity contribution is 6.31. The molecule has 154 valence electrons. The fourth-order valence-corrected chi connectivity index (χ4v) is 3.88. The van der Waals surface area contributed by atoms with Crippen LogP contribution in [0.2, 0.25) is 5.02 Å². The van der Waals surface area contributed by atoms with Crippen molar-refractivity contribution in [1.29, 1.82) is 0 Å². The van der Waals surface area contributed by atoms with Gasteiger partial charge in [0, 0.05) is 12.5 Å². The monoisotopic (exact) mass is 416 g/mol. The highest BCUT2D eigenvalue weighted by Crippen LogP contribution is 2.32. The molecule has 1 fully saturated rings. The van der Waals surface area contributed by atoms with Crippen LogP contribution in [-0.2, 0) is 6.42 Å². The first-order valence-corrected chi connectivity index (χ1v) is 10.4. The smallest absolute Gasteiger partial charge is 0.210 e. The largest absolute Gasteiger partial charge is 0.323 e. The summed E-state index contributed by atoms with van der Waals surface area (Å²) in [6.45, 7) is 8.35. The van der Waals surface area contributed by atoms with Crippen LogP contribution in [0.1, 0.15) is 45.5 Å². The third-order valence-corrected chi connectivity index (χ3v) is 5.33. The fraction of sp³-hybridized carbons (Fsp3) is 0.476. The fourth-order valence-electron chi connectivity index (χ4n) is 3.71. The molecule has 6 nitrogen and oxygen atoms in total. The lowest BCUT2D eigenvalue weighted by Gasteiger charge is -2.26. The summed E-state index contributed by atoms with van der Waals surface area (Å²) in [4.78, 5) is 14.0. The molecule has 0 bridgehead atoms. The van der Waals surface area contributed by atoms with Gasteiger partial charge in [0.2, 0.25) is 5.95 Å². The highest BCUT2D eigenvalue weighted by atomic mass is 35.5. The normalized spacial score (nSPS) is 15.8. The molecule has 3 heterocycles. The van der Waals surface area contributed by atoms with Crippen LogP contribution in [0.15, 0.2) is 24.4 Å². The maximum Gasteiger partial charge on any atom is 0.210 e. The first-order valence-electron chi connectivity index (χ1n) is 9.97. The van der Waals surface area contributed by atoms with E-state index in [1.54, 1.807) is 18.3 Å². The van der Waals surface area contributed by atoms with Gasteiger partial charge in [0.25, 0.3) is 0 Å². The Balaban J connectivity index is 1.80. The SMILES string of the molecule is CC(C)(C)Cc1ncc2nc(Nc3cccc(Cl)c3F)n(C3CCNCC3)c2n1. The minimum Gasteiger partial charge on any atom is -0.323 e. The van der Waals surface area contributed by atoms with Crippen molar-refractivity contribution in [3.63, 3.8) is 0 Å². The van der Waals surface area contributed by atoms with E-state index in [4.69, 9.17) is 16.6 Å². The molecule has 0 spiro atoms. The Labute approximate surface area is 174 Å². The van der Waals surface area contributed by atoms with E-state index >= 15 is 0 Å².